The van der Waals surface area contributed by atoms with E-state index in [0.717, 1.165) is 80.8 Å². The van der Waals surface area contributed by atoms with Gasteiger partial charge in [-0.3, -0.25) is 9.69 Å². The average molecular weight is 505 g/mol. The van der Waals surface area contributed by atoms with Crippen molar-refractivity contribution in [2.45, 2.75) is 51.7 Å². The molecule has 2 heterocycles. The van der Waals surface area contributed by atoms with Crippen molar-refractivity contribution in [2.24, 2.45) is 5.92 Å². The molecule has 2 aliphatic heterocycles. The Kier molecular flexibility index (Phi) is 8.41. The fourth-order valence-corrected chi connectivity index (χ4v) is 5.67. The summed E-state index contributed by atoms with van der Waals surface area (Å²) in [6, 6.07) is 11.0. The maximum Gasteiger partial charge on any atom is 0.325 e. The number of aliphatic carboxylic acids is 1. The van der Waals surface area contributed by atoms with Crippen LogP contribution in [0.3, 0.4) is 0 Å². The van der Waals surface area contributed by atoms with E-state index in [-0.39, 0.29) is 6.10 Å². The highest BCUT2D eigenvalue weighted by atomic mass is 35.5. The molecule has 7 heteroatoms. The number of hydrogen-bond acceptors (Lipinski definition) is 4. The van der Waals surface area contributed by atoms with Crippen LogP contribution in [-0.2, 0) is 4.79 Å². The van der Waals surface area contributed by atoms with E-state index in [1.807, 2.05) is 50.2 Å². The molecule has 2 fully saturated rings. The summed E-state index contributed by atoms with van der Waals surface area (Å²) in [6.45, 7) is 8.64. The standard InChI is InChI=1S/C27H34Cl2N2O3/c1-18-5-3-4-6-22(18)26(27(32)33)31-15-9-20(10-16-31)17-30-13-11-21(12-14-30)34-24-8-7-23(28)19(2)25(24)29/h3-8,20-21,26H,9-17H2,1-2H3,(H,32,33). The number of halogens is 2. The van der Waals surface area contributed by atoms with Crippen LogP contribution in [0.25, 0.3) is 0 Å². The molecule has 1 N–H and O–H groups in total. The van der Waals surface area contributed by atoms with Gasteiger partial charge in [-0.1, -0.05) is 47.5 Å². The molecule has 0 saturated carbocycles. The molecule has 5 nitrogen and oxygen atoms in total. The summed E-state index contributed by atoms with van der Waals surface area (Å²) in [5, 5.41) is 11.2. The number of nitrogens with zero attached hydrogens (tertiary/aromatic N) is 2. The highest BCUT2D eigenvalue weighted by molar-refractivity contribution is 6.36. The molecule has 2 aromatic carbocycles. The number of aryl methyl sites for hydroxylation is 1. The van der Waals surface area contributed by atoms with Gasteiger partial charge in [-0.05, 0) is 87.4 Å². The molecule has 0 radical (unpaired) electrons. The van der Waals surface area contributed by atoms with Crippen molar-refractivity contribution in [3.8, 4) is 5.75 Å². The Balaban J connectivity index is 1.25. The molecule has 0 aromatic heterocycles. The SMILES string of the molecule is Cc1ccccc1C(C(=O)O)N1CCC(CN2CCC(Oc3ccc(Cl)c(C)c3Cl)CC2)CC1. The Bertz CT molecular complexity index is 999. The molecule has 2 aromatic rings. The van der Waals surface area contributed by atoms with Gasteiger partial charge >= 0.3 is 5.97 Å². The molecule has 2 saturated heterocycles. The van der Waals surface area contributed by atoms with E-state index in [1.54, 1.807) is 0 Å². The van der Waals surface area contributed by atoms with Gasteiger partial charge in [0.2, 0.25) is 0 Å². The molecule has 34 heavy (non-hydrogen) atoms. The first-order chi connectivity index (χ1) is 16.3. The lowest BCUT2D eigenvalue weighted by Crippen LogP contribution is -2.45. The lowest BCUT2D eigenvalue weighted by Gasteiger charge is -2.39. The molecule has 0 aliphatic carbocycles. The molecule has 0 bridgehead atoms. The van der Waals surface area contributed by atoms with Gasteiger partial charge in [-0.15, -0.1) is 0 Å². The van der Waals surface area contributed by atoms with Crippen molar-refractivity contribution in [1.29, 1.82) is 0 Å². The van der Waals surface area contributed by atoms with Crippen LogP contribution in [0.4, 0.5) is 0 Å². The molecule has 4 rings (SSSR count). The number of carboxylic acid groups (broad SMARTS) is 1. The van der Waals surface area contributed by atoms with Crippen molar-refractivity contribution in [3.63, 3.8) is 0 Å². The quantitative estimate of drug-likeness (QED) is 0.501. The number of hydrogen-bond donors (Lipinski definition) is 1. The first-order valence-electron chi connectivity index (χ1n) is 12.2. The predicted octanol–water partition coefficient (Wildman–Crippen LogP) is 5.99. The summed E-state index contributed by atoms with van der Waals surface area (Å²) < 4.78 is 6.20. The Morgan fingerprint density at radius 2 is 1.71 bits per heavy atom. The molecule has 1 unspecified atom stereocenters. The van der Waals surface area contributed by atoms with E-state index in [9.17, 15) is 9.90 Å². The smallest absolute Gasteiger partial charge is 0.325 e. The second kappa shape index (κ2) is 11.3. The third-order valence-electron chi connectivity index (χ3n) is 7.36. The van der Waals surface area contributed by atoms with Crippen LogP contribution in [0, 0.1) is 19.8 Å². The van der Waals surface area contributed by atoms with E-state index in [2.05, 4.69) is 9.80 Å². The summed E-state index contributed by atoms with van der Waals surface area (Å²) >= 11 is 12.6. The minimum absolute atomic E-state index is 0.168. The van der Waals surface area contributed by atoms with Crippen molar-refractivity contribution >= 4 is 29.2 Å². The Hall–Kier alpha value is -1.79. The second-order valence-corrected chi connectivity index (χ2v) is 10.5. The third kappa shape index (κ3) is 5.88. The number of carbonyl (C=O) groups is 1. The monoisotopic (exact) mass is 504 g/mol. The van der Waals surface area contributed by atoms with Crippen molar-refractivity contribution in [3.05, 3.63) is 63.1 Å². The van der Waals surface area contributed by atoms with E-state index in [1.165, 1.54) is 0 Å². The highest BCUT2D eigenvalue weighted by Crippen LogP contribution is 2.34. The zero-order valence-electron chi connectivity index (χ0n) is 20.0. The number of piperidine rings is 2. The van der Waals surface area contributed by atoms with Gasteiger partial charge in [0.25, 0.3) is 0 Å². The van der Waals surface area contributed by atoms with Crippen LogP contribution < -0.4 is 4.74 Å². The Morgan fingerprint density at radius 1 is 1.03 bits per heavy atom. The van der Waals surface area contributed by atoms with Crippen molar-refractivity contribution in [2.75, 3.05) is 32.7 Å². The van der Waals surface area contributed by atoms with Gasteiger partial charge in [0.15, 0.2) is 0 Å². The fourth-order valence-electron chi connectivity index (χ4n) is 5.26. The zero-order chi connectivity index (χ0) is 24.2. The molecular formula is C27H34Cl2N2O3. The summed E-state index contributed by atoms with van der Waals surface area (Å²) in [7, 11) is 0. The first kappa shape index (κ1) is 25.3. The van der Waals surface area contributed by atoms with Gasteiger partial charge in [-0.25, -0.2) is 0 Å². The van der Waals surface area contributed by atoms with E-state index >= 15 is 0 Å². The van der Waals surface area contributed by atoms with Crippen LogP contribution in [0.15, 0.2) is 36.4 Å². The highest BCUT2D eigenvalue weighted by Gasteiger charge is 2.33. The Morgan fingerprint density at radius 3 is 2.35 bits per heavy atom. The summed E-state index contributed by atoms with van der Waals surface area (Å²) in [4.78, 5) is 16.8. The summed E-state index contributed by atoms with van der Waals surface area (Å²) in [5.74, 6) is 0.565. The van der Waals surface area contributed by atoms with Crippen LogP contribution in [0.1, 0.15) is 48.4 Å². The van der Waals surface area contributed by atoms with Crippen molar-refractivity contribution < 1.29 is 14.6 Å². The van der Waals surface area contributed by atoms with Gasteiger partial charge in [-0.2, -0.15) is 0 Å². The Labute approximate surface area is 212 Å². The van der Waals surface area contributed by atoms with Crippen molar-refractivity contribution in [1.82, 2.24) is 9.80 Å². The minimum Gasteiger partial charge on any atom is -0.489 e. The molecule has 0 amide bonds. The molecule has 1 atom stereocenters. The summed E-state index contributed by atoms with van der Waals surface area (Å²) in [6.07, 6.45) is 4.19. The lowest BCUT2D eigenvalue weighted by molar-refractivity contribution is -0.144. The number of carboxylic acids is 1. The largest absolute Gasteiger partial charge is 0.489 e. The predicted molar refractivity (Wildman–Crippen MR) is 137 cm³/mol. The maximum absolute atomic E-state index is 12.1. The summed E-state index contributed by atoms with van der Waals surface area (Å²) in [5.41, 5.74) is 2.81. The van der Waals surface area contributed by atoms with Crippen LogP contribution in [-0.4, -0.2) is 59.7 Å². The maximum atomic E-state index is 12.1. The average Bonchev–Trinajstić information content (AvgIpc) is 2.83. The minimum atomic E-state index is -0.759. The molecule has 2 aliphatic rings. The number of rotatable bonds is 7. The van der Waals surface area contributed by atoms with E-state index in [4.69, 9.17) is 27.9 Å². The third-order valence-corrected chi connectivity index (χ3v) is 8.24. The molecule has 184 valence electrons. The molecular weight excluding hydrogens is 471 g/mol. The van der Waals surface area contributed by atoms with Gasteiger partial charge in [0.05, 0.1) is 5.02 Å². The normalized spacial score (nSPS) is 19.8. The lowest BCUT2D eigenvalue weighted by atomic mass is 9.92. The number of ether oxygens (including phenoxy) is 1. The first-order valence-corrected chi connectivity index (χ1v) is 12.9. The van der Waals surface area contributed by atoms with Gasteiger partial charge in [0, 0.05) is 24.7 Å². The zero-order valence-corrected chi connectivity index (χ0v) is 21.5. The second-order valence-electron chi connectivity index (χ2n) is 9.68. The number of likely N-dealkylation sites (tertiary alicyclic amines) is 2. The van der Waals surface area contributed by atoms with Crippen LogP contribution in [0.2, 0.25) is 10.0 Å². The van der Waals surface area contributed by atoms with Crippen LogP contribution >= 0.6 is 23.2 Å². The van der Waals surface area contributed by atoms with Crippen LogP contribution in [0.5, 0.6) is 5.75 Å². The number of benzene rings is 2. The van der Waals surface area contributed by atoms with E-state index < -0.39 is 12.0 Å². The topological polar surface area (TPSA) is 53.0 Å². The van der Waals surface area contributed by atoms with Gasteiger partial charge < -0.3 is 14.7 Å². The van der Waals surface area contributed by atoms with E-state index in [0.29, 0.717) is 16.0 Å². The molecule has 0 spiro atoms. The fraction of sp³-hybridized carbons (Fsp3) is 0.519. The van der Waals surface area contributed by atoms with Gasteiger partial charge in [0.1, 0.15) is 17.9 Å².